The van der Waals surface area contributed by atoms with E-state index >= 15 is 0 Å². The number of nitrogens with one attached hydrogen (secondary N) is 1. The highest BCUT2D eigenvalue weighted by molar-refractivity contribution is 6.38. The second-order valence-corrected chi connectivity index (χ2v) is 4.03. The second-order valence-electron chi connectivity index (χ2n) is 3.25. The van der Waals surface area contributed by atoms with Crippen LogP contribution >= 0.6 is 23.2 Å². The largest absolute Gasteiger partial charge is 0.477 e. The molecule has 0 atom stereocenters. The summed E-state index contributed by atoms with van der Waals surface area (Å²) in [6.45, 7) is 0. The van der Waals surface area contributed by atoms with Gasteiger partial charge in [0.1, 0.15) is 5.56 Å². The van der Waals surface area contributed by atoms with Crippen molar-refractivity contribution in [3.63, 3.8) is 0 Å². The number of hydrogen-bond donors (Lipinski definition) is 2. The summed E-state index contributed by atoms with van der Waals surface area (Å²) in [6, 6.07) is 1.17. The van der Waals surface area contributed by atoms with E-state index in [0.29, 0.717) is 0 Å². The minimum absolute atomic E-state index is 0.177. The molecule has 0 amide bonds. The average molecular weight is 276 g/mol. The molecule has 1 heterocycles. The lowest BCUT2D eigenvalue weighted by Gasteiger charge is -2.04. The molecule has 88 valence electrons. The van der Waals surface area contributed by atoms with Gasteiger partial charge in [0, 0.05) is 6.20 Å². The number of benzene rings is 1. The molecule has 2 aromatic rings. The Morgan fingerprint density at radius 2 is 2.06 bits per heavy atom. The highest BCUT2D eigenvalue weighted by atomic mass is 35.5. The number of rotatable bonds is 1. The number of halogens is 3. The Kier molecular flexibility index (Phi) is 2.81. The van der Waals surface area contributed by atoms with Crippen LogP contribution in [0.5, 0.6) is 0 Å². The Labute approximate surface area is 104 Å². The quantitative estimate of drug-likeness (QED) is 0.786. The zero-order valence-corrected chi connectivity index (χ0v) is 9.56. The number of carboxylic acid groups (broad SMARTS) is 1. The summed E-state index contributed by atoms with van der Waals surface area (Å²) >= 11 is 11.2. The molecule has 0 saturated carbocycles. The lowest BCUT2D eigenvalue weighted by Crippen LogP contribution is -2.16. The fourth-order valence-corrected chi connectivity index (χ4v) is 1.98. The molecule has 2 rings (SSSR count). The molecule has 2 N–H and O–H groups in total. The Balaban J connectivity index is 3.00. The van der Waals surface area contributed by atoms with Crippen LogP contribution in [0, 0.1) is 5.82 Å². The predicted molar refractivity (Wildman–Crippen MR) is 61.5 cm³/mol. The number of aromatic nitrogens is 1. The van der Waals surface area contributed by atoms with Crippen LogP contribution in [0.25, 0.3) is 10.9 Å². The van der Waals surface area contributed by atoms with E-state index in [-0.39, 0.29) is 15.9 Å². The lowest BCUT2D eigenvalue weighted by atomic mass is 10.1. The fourth-order valence-electron chi connectivity index (χ4n) is 1.44. The van der Waals surface area contributed by atoms with Gasteiger partial charge in [0.15, 0.2) is 5.82 Å². The Bertz CT molecular complexity index is 696. The van der Waals surface area contributed by atoms with Gasteiger partial charge in [-0.15, -0.1) is 0 Å². The van der Waals surface area contributed by atoms with E-state index in [1.54, 1.807) is 0 Å². The molecule has 1 aromatic heterocycles. The van der Waals surface area contributed by atoms with Crippen LogP contribution in [0.15, 0.2) is 17.1 Å². The molecule has 0 spiro atoms. The van der Waals surface area contributed by atoms with Crippen LogP contribution in [0.2, 0.25) is 10.0 Å². The third-order valence-corrected chi connectivity index (χ3v) is 2.87. The average Bonchev–Trinajstić information content (AvgIpc) is 2.25. The van der Waals surface area contributed by atoms with E-state index in [2.05, 4.69) is 4.98 Å². The van der Waals surface area contributed by atoms with Crippen molar-refractivity contribution >= 4 is 40.1 Å². The first-order valence-electron chi connectivity index (χ1n) is 4.35. The molecule has 0 aliphatic heterocycles. The van der Waals surface area contributed by atoms with Gasteiger partial charge in [-0.05, 0) is 6.07 Å². The van der Waals surface area contributed by atoms with E-state index in [1.807, 2.05) is 0 Å². The highest BCUT2D eigenvalue weighted by Gasteiger charge is 2.17. The van der Waals surface area contributed by atoms with Crippen molar-refractivity contribution in [2.24, 2.45) is 0 Å². The van der Waals surface area contributed by atoms with Crippen LogP contribution in [-0.4, -0.2) is 16.1 Å². The van der Waals surface area contributed by atoms with Gasteiger partial charge in [-0.2, -0.15) is 0 Å². The van der Waals surface area contributed by atoms with E-state index in [1.165, 1.54) is 6.07 Å². The summed E-state index contributed by atoms with van der Waals surface area (Å²) in [5.41, 5.74) is -1.19. The van der Waals surface area contributed by atoms with Gasteiger partial charge in [-0.1, -0.05) is 23.2 Å². The summed E-state index contributed by atoms with van der Waals surface area (Å²) in [6.07, 6.45) is 1.01. The molecule has 0 aliphatic rings. The van der Waals surface area contributed by atoms with Crippen LogP contribution in [0.4, 0.5) is 4.39 Å². The number of hydrogen-bond acceptors (Lipinski definition) is 2. The van der Waals surface area contributed by atoms with Crippen LogP contribution in [0.1, 0.15) is 10.4 Å². The maximum absolute atomic E-state index is 13.4. The SMILES string of the molecule is O=C(O)c1c[nH]c2cc(Cl)c(F)c(Cl)c2c1=O. The summed E-state index contributed by atoms with van der Waals surface area (Å²) in [5, 5.41) is 7.79. The number of carbonyl (C=O) groups is 1. The number of H-pyrrole nitrogens is 1. The van der Waals surface area contributed by atoms with Crippen LogP contribution in [0.3, 0.4) is 0 Å². The van der Waals surface area contributed by atoms with E-state index < -0.39 is 27.8 Å². The van der Waals surface area contributed by atoms with E-state index in [4.69, 9.17) is 28.3 Å². The van der Waals surface area contributed by atoms with Crippen molar-refractivity contribution < 1.29 is 14.3 Å². The molecule has 7 heteroatoms. The Morgan fingerprint density at radius 1 is 1.41 bits per heavy atom. The number of carboxylic acids is 1. The molecular formula is C10H4Cl2FNO3. The Morgan fingerprint density at radius 3 is 2.65 bits per heavy atom. The van der Waals surface area contributed by atoms with Crippen molar-refractivity contribution in [3.8, 4) is 0 Å². The van der Waals surface area contributed by atoms with Crippen molar-refractivity contribution in [3.05, 3.63) is 43.9 Å². The molecule has 0 unspecified atom stereocenters. The first-order chi connectivity index (χ1) is 7.93. The van der Waals surface area contributed by atoms with Gasteiger partial charge in [0.2, 0.25) is 5.43 Å². The molecular weight excluding hydrogens is 272 g/mol. The molecule has 0 fully saturated rings. The van der Waals surface area contributed by atoms with E-state index in [0.717, 1.165) is 6.20 Å². The second kappa shape index (κ2) is 4.01. The fraction of sp³-hybridized carbons (Fsp3) is 0. The monoisotopic (exact) mass is 275 g/mol. The van der Waals surface area contributed by atoms with E-state index in [9.17, 15) is 14.0 Å². The first-order valence-corrected chi connectivity index (χ1v) is 5.11. The predicted octanol–water partition coefficient (Wildman–Crippen LogP) is 2.67. The zero-order chi connectivity index (χ0) is 12.7. The van der Waals surface area contributed by atoms with Gasteiger partial charge >= 0.3 is 5.97 Å². The van der Waals surface area contributed by atoms with Crippen LogP contribution in [-0.2, 0) is 0 Å². The standard InChI is InChI=1S/C10H4Cl2FNO3/c11-4-1-5-6(7(12)8(4)13)9(15)3(2-14-5)10(16)17/h1-2H,(H,14,15)(H,16,17). The summed E-state index contributed by atoms with van der Waals surface area (Å²) in [7, 11) is 0. The number of aromatic amines is 1. The van der Waals surface area contributed by atoms with Crippen molar-refractivity contribution in [2.75, 3.05) is 0 Å². The third kappa shape index (κ3) is 1.77. The molecule has 0 bridgehead atoms. The smallest absolute Gasteiger partial charge is 0.341 e. The van der Waals surface area contributed by atoms with Gasteiger partial charge in [-0.25, -0.2) is 9.18 Å². The van der Waals surface area contributed by atoms with Gasteiger partial charge < -0.3 is 10.1 Å². The summed E-state index contributed by atoms with van der Waals surface area (Å²) < 4.78 is 13.4. The molecule has 4 nitrogen and oxygen atoms in total. The number of pyridine rings is 1. The van der Waals surface area contributed by atoms with Gasteiger partial charge in [-0.3, -0.25) is 4.79 Å². The lowest BCUT2D eigenvalue weighted by molar-refractivity contribution is 0.0695. The molecule has 0 radical (unpaired) electrons. The summed E-state index contributed by atoms with van der Waals surface area (Å²) in [5.74, 6) is -2.37. The Hall–Kier alpha value is -1.59. The number of aromatic carboxylic acids is 1. The molecule has 1 aromatic carbocycles. The molecule has 17 heavy (non-hydrogen) atoms. The minimum atomic E-state index is -1.42. The van der Waals surface area contributed by atoms with Crippen molar-refractivity contribution in [1.29, 1.82) is 0 Å². The maximum atomic E-state index is 13.4. The maximum Gasteiger partial charge on any atom is 0.341 e. The highest BCUT2D eigenvalue weighted by Crippen LogP contribution is 2.29. The molecule has 0 aliphatic carbocycles. The van der Waals surface area contributed by atoms with Crippen molar-refractivity contribution in [1.82, 2.24) is 4.98 Å². The topological polar surface area (TPSA) is 70.2 Å². The molecule has 0 saturated heterocycles. The van der Waals surface area contributed by atoms with Gasteiger partial charge in [0.05, 0.1) is 20.9 Å². The normalized spacial score (nSPS) is 10.8. The first kappa shape index (κ1) is 11.9. The summed E-state index contributed by atoms with van der Waals surface area (Å²) in [4.78, 5) is 25.0. The van der Waals surface area contributed by atoms with Crippen LogP contribution < -0.4 is 5.43 Å². The minimum Gasteiger partial charge on any atom is -0.477 e. The third-order valence-electron chi connectivity index (χ3n) is 2.24. The van der Waals surface area contributed by atoms with Gasteiger partial charge in [0.25, 0.3) is 0 Å². The number of fused-ring (bicyclic) bond motifs is 1. The zero-order valence-electron chi connectivity index (χ0n) is 8.05. The van der Waals surface area contributed by atoms with Crippen molar-refractivity contribution in [2.45, 2.75) is 0 Å².